The van der Waals surface area contributed by atoms with Gasteiger partial charge in [-0.25, -0.2) is 0 Å². The summed E-state index contributed by atoms with van der Waals surface area (Å²) in [5.74, 6) is 0.101. The second-order valence-corrected chi connectivity index (χ2v) is 4.82. The number of fused-ring (bicyclic) bond motifs is 1. The minimum absolute atomic E-state index is 0.0454. The van der Waals surface area contributed by atoms with Gasteiger partial charge in [0.2, 0.25) is 0 Å². The Hall–Kier alpha value is -2.04. The molecule has 0 aliphatic carbocycles. The van der Waals surface area contributed by atoms with Crippen LogP contribution in [0.5, 0.6) is 5.75 Å². The first kappa shape index (κ1) is 14.4. The van der Waals surface area contributed by atoms with Crippen LogP contribution in [0.3, 0.4) is 0 Å². The zero-order chi connectivity index (χ0) is 14.7. The van der Waals surface area contributed by atoms with Crippen molar-refractivity contribution in [1.82, 2.24) is 5.32 Å². The summed E-state index contributed by atoms with van der Waals surface area (Å²) in [7, 11) is 0. The van der Waals surface area contributed by atoms with Crippen molar-refractivity contribution < 1.29 is 19.1 Å². The highest BCUT2D eigenvalue weighted by atomic mass is 16.5. The number of amides is 1. The molecule has 1 N–H and O–H groups in total. The molecule has 0 unspecified atom stereocenters. The largest absolute Gasteiger partial charge is 0.489 e. The molecule has 1 aliphatic rings. The zero-order valence-corrected chi connectivity index (χ0v) is 11.9. The van der Waals surface area contributed by atoms with Crippen molar-refractivity contribution in [3.05, 3.63) is 29.3 Å². The van der Waals surface area contributed by atoms with E-state index in [-0.39, 0.29) is 24.5 Å². The van der Waals surface area contributed by atoms with Gasteiger partial charge >= 0.3 is 5.97 Å². The van der Waals surface area contributed by atoms with Gasteiger partial charge in [0.05, 0.1) is 12.2 Å². The third-order valence-corrected chi connectivity index (χ3v) is 3.49. The van der Waals surface area contributed by atoms with E-state index in [1.807, 2.05) is 19.1 Å². The van der Waals surface area contributed by atoms with Crippen molar-refractivity contribution >= 4 is 11.9 Å². The molecule has 1 aromatic carbocycles. The highest BCUT2D eigenvalue weighted by Gasteiger charge is 2.31. The Balaban J connectivity index is 2.11. The number of hydrogen-bond acceptors (Lipinski definition) is 4. The molecule has 5 heteroatoms. The lowest BCUT2D eigenvalue weighted by Crippen LogP contribution is -2.30. The number of carbonyl (C=O) groups is 2. The standard InChI is InChI=1S/C15H19NO4/c1-4-19-13(17)8-16-15(18)12-7-5-6-11-9(2)10(3)20-14(11)12/h5-7,9-10H,4,8H2,1-3H3,(H,16,18)/t9-,10-/m1/s1. The first-order valence-corrected chi connectivity index (χ1v) is 6.78. The summed E-state index contributed by atoms with van der Waals surface area (Å²) < 4.78 is 10.5. The Morgan fingerprint density at radius 1 is 1.35 bits per heavy atom. The van der Waals surface area contributed by atoms with Gasteiger partial charge in [-0.05, 0) is 19.9 Å². The maximum atomic E-state index is 12.1. The normalized spacial score (nSPS) is 19.9. The molecule has 20 heavy (non-hydrogen) atoms. The monoisotopic (exact) mass is 277 g/mol. The maximum Gasteiger partial charge on any atom is 0.325 e. The molecule has 1 heterocycles. The highest BCUT2D eigenvalue weighted by Crippen LogP contribution is 2.40. The molecule has 0 spiro atoms. The summed E-state index contributed by atoms with van der Waals surface area (Å²) in [6, 6.07) is 5.49. The molecule has 0 fully saturated rings. The van der Waals surface area contributed by atoms with Crippen molar-refractivity contribution in [1.29, 1.82) is 0 Å². The minimum atomic E-state index is -0.448. The van der Waals surface area contributed by atoms with E-state index in [9.17, 15) is 9.59 Å². The van der Waals surface area contributed by atoms with E-state index >= 15 is 0 Å². The van der Waals surface area contributed by atoms with Crippen LogP contribution < -0.4 is 10.1 Å². The Morgan fingerprint density at radius 3 is 2.80 bits per heavy atom. The summed E-state index contributed by atoms with van der Waals surface area (Å²) in [6.45, 7) is 5.93. The van der Waals surface area contributed by atoms with Gasteiger partial charge in [0.1, 0.15) is 18.4 Å². The lowest BCUT2D eigenvalue weighted by atomic mass is 9.97. The predicted molar refractivity (Wildman–Crippen MR) is 73.9 cm³/mol. The first-order valence-electron chi connectivity index (χ1n) is 6.78. The molecule has 0 aromatic heterocycles. The van der Waals surface area contributed by atoms with Gasteiger partial charge in [-0.2, -0.15) is 0 Å². The summed E-state index contributed by atoms with van der Waals surface area (Å²) in [6.07, 6.45) is 0.0454. The number of rotatable bonds is 4. The smallest absolute Gasteiger partial charge is 0.325 e. The fourth-order valence-electron chi connectivity index (χ4n) is 2.22. The van der Waals surface area contributed by atoms with E-state index in [0.717, 1.165) is 5.56 Å². The number of ether oxygens (including phenoxy) is 2. The molecule has 5 nitrogen and oxygen atoms in total. The Morgan fingerprint density at radius 2 is 2.10 bits per heavy atom. The third-order valence-electron chi connectivity index (χ3n) is 3.49. The van der Waals surface area contributed by atoms with Crippen LogP contribution in [0.15, 0.2) is 18.2 Å². The van der Waals surface area contributed by atoms with Gasteiger partial charge in [-0.1, -0.05) is 19.1 Å². The lowest BCUT2D eigenvalue weighted by Gasteiger charge is -2.09. The Labute approximate surface area is 118 Å². The van der Waals surface area contributed by atoms with Crippen molar-refractivity contribution in [2.24, 2.45) is 0 Å². The molecule has 1 aliphatic heterocycles. The van der Waals surface area contributed by atoms with Gasteiger partial charge in [0.15, 0.2) is 0 Å². The van der Waals surface area contributed by atoms with Crippen LogP contribution in [0.2, 0.25) is 0 Å². The molecule has 0 radical (unpaired) electrons. The molecular weight excluding hydrogens is 258 g/mol. The highest BCUT2D eigenvalue weighted by molar-refractivity contribution is 5.99. The topological polar surface area (TPSA) is 64.6 Å². The second kappa shape index (κ2) is 5.94. The van der Waals surface area contributed by atoms with Crippen LogP contribution in [0.4, 0.5) is 0 Å². The van der Waals surface area contributed by atoms with Crippen LogP contribution in [-0.2, 0) is 9.53 Å². The van der Waals surface area contributed by atoms with Gasteiger partial charge in [-0.15, -0.1) is 0 Å². The van der Waals surface area contributed by atoms with E-state index in [4.69, 9.17) is 9.47 Å². The maximum absolute atomic E-state index is 12.1. The molecular formula is C15H19NO4. The lowest BCUT2D eigenvalue weighted by molar-refractivity contribution is -0.141. The van der Waals surface area contributed by atoms with Crippen LogP contribution in [0, 0.1) is 0 Å². The molecule has 1 aromatic rings. The number of esters is 1. The fraction of sp³-hybridized carbons (Fsp3) is 0.467. The third kappa shape index (κ3) is 2.76. The Bertz CT molecular complexity index is 527. The molecule has 2 atom stereocenters. The van der Waals surface area contributed by atoms with Gasteiger partial charge in [0.25, 0.3) is 5.91 Å². The quantitative estimate of drug-likeness (QED) is 0.853. The second-order valence-electron chi connectivity index (χ2n) is 4.82. The van der Waals surface area contributed by atoms with Crippen LogP contribution in [0.25, 0.3) is 0 Å². The average molecular weight is 277 g/mol. The average Bonchev–Trinajstić information content (AvgIpc) is 2.72. The predicted octanol–water partition coefficient (Wildman–Crippen LogP) is 1.86. The van der Waals surface area contributed by atoms with Gasteiger partial charge < -0.3 is 14.8 Å². The number of nitrogens with one attached hydrogen (secondary N) is 1. The number of benzene rings is 1. The minimum Gasteiger partial charge on any atom is -0.489 e. The van der Waals surface area contributed by atoms with Crippen molar-refractivity contribution in [3.8, 4) is 5.75 Å². The van der Waals surface area contributed by atoms with Crippen LogP contribution in [-0.4, -0.2) is 31.1 Å². The van der Waals surface area contributed by atoms with Crippen molar-refractivity contribution in [2.75, 3.05) is 13.2 Å². The van der Waals surface area contributed by atoms with E-state index in [2.05, 4.69) is 12.2 Å². The van der Waals surface area contributed by atoms with E-state index in [0.29, 0.717) is 17.9 Å². The van der Waals surface area contributed by atoms with Crippen molar-refractivity contribution in [3.63, 3.8) is 0 Å². The molecule has 2 rings (SSSR count). The van der Waals surface area contributed by atoms with Crippen molar-refractivity contribution in [2.45, 2.75) is 32.8 Å². The summed E-state index contributed by atoms with van der Waals surface area (Å²) in [4.78, 5) is 23.4. The zero-order valence-electron chi connectivity index (χ0n) is 11.9. The number of hydrogen-bond donors (Lipinski definition) is 1. The SMILES string of the molecule is CCOC(=O)CNC(=O)c1cccc2c1O[C@H](C)[C@H]2C. The summed E-state index contributed by atoms with van der Waals surface area (Å²) in [5.41, 5.74) is 1.49. The summed E-state index contributed by atoms with van der Waals surface area (Å²) in [5, 5.41) is 2.55. The number of carbonyl (C=O) groups excluding carboxylic acids is 2. The van der Waals surface area contributed by atoms with E-state index in [1.165, 1.54) is 0 Å². The molecule has 108 valence electrons. The van der Waals surface area contributed by atoms with Gasteiger partial charge in [0, 0.05) is 11.5 Å². The van der Waals surface area contributed by atoms with E-state index in [1.54, 1.807) is 13.0 Å². The summed E-state index contributed by atoms with van der Waals surface area (Å²) >= 11 is 0. The van der Waals surface area contributed by atoms with Gasteiger partial charge in [-0.3, -0.25) is 9.59 Å². The molecule has 0 saturated carbocycles. The van der Waals surface area contributed by atoms with Crippen LogP contribution >= 0.6 is 0 Å². The molecule has 0 saturated heterocycles. The van der Waals surface area contributed by atoms with Crippen LogP contribution in [0.1, 0.15) is 42.6 Å². The molecule has 0 bridgehead atoms. The Kier molecular flexibility index (Phi) is 4.27. The first-order chi connectivity index (χ1) is 9.54. The number of para-hydroxylation sites is 1. The van der Waals surface area contributed by atoms with E-state index < -0.39 is 5.97 Å². The fourth-order valence-corrected chi connectivity index (χ4v) is 2.22. The molecule has 1 amide bonds.